The zero-order valence-corrected chi connectivity index (χ0v) is 11.4. The molecule has 0 saturated carbocycles. The summed E-state index contributed by atoms with van der Waals surface area (Å²) in [4.78, 5) is 15.3. The van der Waals surface area contributed by atoms with Gasteiger partial charge < -0.3 is 0 Å². The van der Waals surface area contributed by atoms with Crippen molar-refractivity contribution in [1.82, 2.24) is 25.4 Å². The lowest BCUT2D eigenvalue weighted by molar-refractivity contribution is -0.144. The molecule has 1 amide bonds. The van der Waals surface area contributed by atoms with Gasteiger partial charge in [0.05, 0.1) is 0 Å². The van der Waals surface area contributed by atoms with Gasteiger partial charge in [-0.1, -0.05) is 6.42 Å². The van der Waals surface area contributed by atoms with E-state index in [2.05, 4.69) is 25.6 Å². The molecule has 10 heteroatoms. The fourth-order valence-corrected chi connectivity index (χ4v) is 2.45. The Hall–Kier alpha value is -2.39. The van der Waals surface area contributed by atoms with Gasteiger partial charge in [-0.25, -0.2) is 0 Å². The zero-order chi connectivity index (χ0) is 15.7. The van der Waals surface area contributed by atoms with E-state index in [9.17, 15) is 18.0 Å². The second-order valence-corrected chi connectivity index (χ2v) is 5.05. The number of fused-ring (bicyclic) bond motifs is 1. The number of aromatic amines is 2. The number of nitrogens with zero attached hydrogens (tertiary/aromatic N) is 3. The van der Waals surface area contributed by atoms with Crippen molar-refractivity contribution in [2.24, 2.45) is 0 Å². The van der Waals surface area contributed by atoms with Crippen LogP contribution in [0.1, 0.15) is 46.8 Å². The normalized spacial score (nSPS) is 15.2. The summed E-state index contributed by atoms with van der Waals surface area (Å²) in [7, 11) is 0. The topological polar surface area (TPSA) is 99.3 Å². The summed E-state index contributed by atoms with van der Waals surface area (Å²) < 4.78 is 37.3. The lowest BCUT2D eigenvalue weighted by Crippen LogP contribution is -2.16. The van der Waals surface area contributed by atoms with E-state index in [1.165, 1.54) is 0 Å². The van der Waals surface area contributed by atoms with Crippen molar-refractivity contribution in [3.05, 3.63) is 22.8 Å². The molecule has 0 unspecified atom stereocenters. The molecule has 0 aliphatic heterocycles. The zero-order valence-electron chi connectivity index (χ0n) is 11.4. The highest BCUT2D eigenvalue weighted by atomic mass is 19.4. The summed E-state index contributed by atoms with van der Waals surface area (Å²) in [5.74, 6) is -2.31. The maximum absolute atomic E-state index is 12.4. The van der Waals surface area contributed by atoms with Gasteiger partial charge in [-0.3, -0.25) is 20.3 Å². The lowest BCUT2D eigenvalue weighted by atomic mass is 10.1. The number of hydrogen-bond acceptors (Lipinski definition) is 4. The minimum Gasteiger partial charge on any atom is -0.288 e. The van der Waals surface area contributed by atoms with Crippen molar-refractivity contribution in [3.63, 3.8) is 0 Å². The van der Waals surface area contributed by atoms with Crippen LogP contribution in [0.3, 0.4) is 0 Å². The van der Waals surface area contributed by atoms with Gasteiger partial charge in [0.2, 0.25) is 11.8 Å². The molecule has 1 aliphatic carbocycles. The van der Waals surface area contributed by atoms with E-state index in [1.54, 1.807) is 5.10 Å². The first-order valence-corrected chi connectivity index (χ1v) is 6.82. The number of amides is 1. The number of halogens is 3. The van der Waals surface area contributed by atoms with E-state index in [0.717, 1.165) is 43.4 Å². The molecule has 0 aromatic carbocycles. The molecule has 3 rings (SSSR count). The minimum absolute atomic E-state index is 0.190. The Morgan fingerprint density at radius 1 is 1.09 bits per heavy atom. The lowest BCUT2D eigenvalue weighted by Gasteiger charge is -2.02. The molecule has 2 heterocycles. The summed E-state index contributed by atoms with van der Waals surface area (Å²) in [5.41, 5.74) is 1.92. The molecule has 0 bridgehead atoms. The van der Waals surface area contributed by atoms with E-state index in [1.807, 2.05) is 0 Å². The maximum atomic E-state index is 12.4. The van der Waals surface area contributed by atoms with Crippen LogP contribution >= 0.6 is 0 Å². The molecule has 22 heavy (non-hydrogen) atoms. The average Bonchev–Trinajstić information content (AvgIpc) is 3.00. The van der Waals surface area contributed by atoms with Gasteiger partial charge in [-0.05, 0) is 25.7 Å². The predicted molar refractivity (Wildman–Crippen MR) is 69.2 cm³/mol. The van der Waals surface area contributed by atoms with Gasteiger partial charge >= 0.3 is 6.18 Å². The molecule has 0 spiro atoms. The molecule has 0 fully saturated rings. The van der Waals surface area contributed by atoms with Crippen LogP contribution in [0.25, 0.3) is 0 Å². The maximum Gasteiger partial charge on any atom is 0.451 e. The Morgan fingerprint density at radius 3 is 2.59 bits per heavy atom. The number of alkyl halides is 3. The van der Waals surface area contributed by atoms with Gasteiger partial charge in [0.15, 0.2) is 5.69 Å². The first-order valence-electron chi connectivity index (χ1n) is 6.82. The molecule has 0 saturated heterocycles. The number of aromatic nitrogens is 5. The highest BCUT2D eigenvalue weighted by molar-refractivity contribution is 6.03. The van der Waals surface area contributed by atoms with Crippen LogP contribution in [0.2, 0.25) is 0 Å². The number of carbonyl (C=O) groups is 1. The number of rotatable bonds is 2. The fourth-order valence-electron chi connectivity index (χ4n) is 2.45. The summed E-state index contributed by atoms with van der Waals surface area (Å²) in [5, 5.41) is 14.1. The van der Waals surface area contributed by atoms with Gasteiger partial charge in [0.25, 0.3) is 5.91 Å². The SMILES string of the molecule is O=C(Nc1n[nH]c(C(F)(F)F)n1)c1n[nH]c2c1CCCCC2. The Kier molecular flexibility index (Phi) is 3.59. The number of aryl methyl sites for hydroxylation is 1. The van der Waals surface area contributed by atoms with Gasteiger partial charge in [0.1, 0.15) is 0 Å². The first-order chi connectivity index (χ1) is 10.4. The summed E-state index contributed by atoms with van der Waals surface area (Å²) >= 11 is 0. The second kappa shape index (κ2) is 5.43. The van der Waals surface area contributed by atoms with Gasteiger partial charge in [-0.2, -0.15) is 23.3 Å². The van der Waals surface area contributed by atoms with Gasteiger partial charge in [0, 0.05) is 11.3 Å². The first kappa shape index (κ1) is 14.5. The minimum atomic E-state index is -4.64. The van der Waals surface area contributed by atoms with Crippen LogP contribution in [0.5, 0.6) is 0 Å². The Bertz CT molecular complexity index is 689. The summed E-state index contributed by atoms with van der Waals surface area (Å²) in [6.07, 6.45) is -0.0679. The van der Waals surface area contributed by atoms with Crippen LogP contribution < -0.4 is 5.32 Å². The van der Waals surface area contributed by atoms with Crippen LogP contribution in [0.15, 0.2) is 0 Å². The van der Waals surface area contributed by atoms with Crippen molar-refractivity contribution in [2.75, 3.05) is 5.32 Å². The van der Waals surface area contributed by atoms with Crippen molar-refractivity contribution in [2.45, 2.75) is 38.3 Å². The molecule has 1 aliphatic rings. The average molecular weight is 314 g/mol. The molecule has 0 radical (unpaired) electrons. The molecule has 0 atom stereocenters. The van der Waals surface area contributed by atoms with Crippen molar-refractivity contribution < 1.29 is 18.0 Å². The van der Waals surface area contributed by atoms with Crippen LogP contribution in [-0.2, 0) is 19.0 Å². The van der Waals surface area contributed by atoms with Crippen LogP contribution in [-0.4, -0.2) is 31.3 Å². The van der Waals surface area contributed by atoms with E-state index >= 15 is 0 Å². The van der Waals surface area contributed by atoms with Crippen molar-refractivity contribution in [3.8, 4) is 0 Å². The second-order valence-electron chi connectivity index (χ2n) is 5.05. The number of nitrogens with one attached hydrogen (secondary N) is 3. The Morgan fingerprint density at radius 2 is 1.86 bits per heavy atom. The van der Waals surface area contributed by atoms with E-state index in [4.69, 9.17) is 0 Å². The van der Waals surface area contributed by atoms with E-state index in [-0.39, 0.29) is 5.69 Å². The van der Waals surface area contributed by atoms with Crippen LogP contribution in [0, 0.1) is 0 Å². The third-order valence-corrected chi connectivity index (χ3v) is 3.50. The highest BCUT2D eigenvalue weighted by Crippen LogP contribution is 2.26. The predicted octanol–water partition coefficient (Wildman–Crippen LogP) is 2.07. The summed E-state index contributed by atoms with van der Waals surface area (Å²) in [6.45, 7) is 0. The molecular weight excluding hydrogens is 301 g/mol. The molecule has 3 N–H and O–H groups in total. The quantitative estimate of drug-likeness (QED) is 0.739. The molecule has 118 valence electrons. The smallest absolute Gasteiger partial charge is 0.288 e. The number of carbonyl (C=O) groups excluding carboxylic acids is 1. The third-order valence-electron chi connectivity index (χ3n) is 3.50. The molecular formula is C12H13F3N6O. The van der Waals surface area contributed by atoms with Crippen molar-refractivity contribution >= 4 is 11.9 Å². The third kappa shape index (κ3) is 2.81. The number of anilines is 1. The van der Waals surface area contributed by atoms with Crippen molar-refractivity contribution in [1.29, 1.82) is 0 Å². The molecule has 7 nitrogen and oxygen atoms in total. The van der Waals surface area contributed by atoms with E-state index < -0.39 is 23.9 Å². The largest absolute Gasteiger partial charge is 0.451 e. The molecule has 2 aromatic heterocycles. The monoisotopic (exact) mass is 314 g/mol. The Labute approximate surface area is 122 Å². The number of hydrogen-bond donors (Lipinski definition) is 3. The highest BCUT2D eigenvalue weighted by Gasteiger charge is 2.35. The molecule has 2 aromatic rings. The van der Waals surface area contributed by atoms with E-state index in [0.29, 0.717) is 0 Å². The number of H-pyrrole nitrogens is 2. The Balaban J connectivity index is 1.78. The fraction of sp³-hybridized carbons (Fsp3) is 0.500. The standard InChI is InChI=1S/C12H13F3N6O/c13-12(14,15)10-17-11(21-20-10)16-9(22)8-6-4-2-1-3-5-7(6)18-19-8/h1-5H2,(H,18,19)(H2,16,17,20,21,22). The van der Waals surface area contributed by atoms with Gasteiger partial charge in [-0.15, -0.1) is 5.10 Å². The summed E-state index contributed by atoms with van der Waals surface area (Å²) in [6, 6.07) is 0. The van der Waals surface area contributed by atoms with Crippen LogP contribution in [0.4, 0.5) is 19.1 Å².